The fourth-order valence-corrected chi connectivity index (χ4v) is 4.40. The summed E-state index contributed by atoms with van der Waals surface area (Å²) in [5.41, 5.74) is -0.325. The van der Waals surface area contributed by atoms with Crippen molar-refractivity contribution in [2.24, 2.45) is 5.41 Å². The van der Waals surface area contributed by atoms with Crippen LogP contribution in [0, 0.1) is 5.41 Å². The molecule has 1 aliphatic rings. The van der Waals surface area contributed by atoms with E-state index in [2.05, 4.69) is 10.3 Å². The van der Waals surface area contributed by atoms with E-state index in [4.69, 9.17) is 4.74 Å². The molecule has 7 nitrogen and oxygen atoms in total. The smallest absolute Gasteiger partial charge is 0.249 e. The fourth-order valence-electron chi connectivity index (χ4n) is 2.55. The Kier molecular flexibility index (Phi) is 4.95. The van der Waals surface area contributed by atoms with Crippen LogP contribution in [0.5, 0.6) is 5.88 Å². The molecule has 1 saturated heterocycles. The lowest BCUT2D eigenvalue weighted by atomic mass is 9.86. The molecule has 1 N–H and O–H groups in total. The highest BCUT2D eigenvalue weighted by Gasteiger charge is 2.43. The number of nitrogens with one attached hydrogen (secondary N) is 1. The highest BCUT2D eigenvalue weighted by Crippen LogP contribution is 2.32. The van der Waals surface area contributed by atoms with Gasteiger partial charge in [-0.3, -0.25) is 4.79 Å². The van der Waals surface area contributed by atoms with E-state index in [9.17, 15) is 13.2 Å². The van der Waals surface area contributed by atoms with Gasteiger partial charge in [0.25, 0.3) is 0 Å². The Morgan fingerprint density at radius 1 is 1.43 bits per heavy atom. The van der Waals surface area contributed by atoms with Gasteiger partial charge in [-0.25, -0.2) is 13.4 Å². The molecular weight excluding hydrogens is 318 g/mol. The van der Waals surface area contributed by atoms with Gasteiger partial charge in [-0.2, -0.15) is 4.31 Å². The topological polar surface area (TPSA) is 88.6 Å². The van der Waals surface area contributed by atoms with Gasteiger partial charge < -0.3 is 10.1 Å². The molecule has 1 aromatic heterocycles. The van der Waals surface area contributed by atoms with E-state index in [-0.39, 0.29) is 41.2 Å². The molecule has 0 saturated carbocycles. The minimum atomic E-state index is -3.90. The van der Waals surface area contributed by atoms with Gasteiger partial charge in [0.05, 0.1) is 13.2 Å². The van der Waals surface area contributed by atoms with E-state index in [1.807, 2.05) is 20.8 Å². The number of ether oxygens (including phenoxy) is 1. The zero-order chi connectivity index (χ0) is 17.3. The number of sulfonamides is 1. The Labute approximate surface area is 137 Å². The van der Waals surface area contributed by atoms with Crippen LogP contribution in [0.1, 0.15) is 27.7 Å². The van der Waals surface area contributed by atoms with Crippen LogP contribution in [-0.2, 0) is 14.8 Å². The molecule has 8 heteroatoms. The number of carbonyl (C=O) groups is 1. The molecule has 1 fully saturated rings. The summed E-state index contributed by atoms with van der Waals surface area (Å²) in [6.45, 7) is 8.00. The number of piperazine rings is 1. The van der Waals surface area contributed by atoms with Gasteiger partial charge in [-0.15, -0.1) is 0 Å². The average molecular weight is 341 g/mol. The van der Waals surface area contributed by atoms with Crippen molar-refractivity contribution in [2.75, 3.05) is 19.7 Å². The quantitative estimate of drug-likeness (QED) is 0.883. The molecule has 1 unspecified atom stereocenters. The van der Waals surface area contributed by atoms with Crippen LogP contribution < -0.4 is 10.1 Å². The molecule has 1 aliphatic heterocycles. The van der Waals surface area contributed by atoms with Crippen molar-refractivity contribution in [1.29, 1.82) is 0 Å². The van der Waals surface area contributed by atoms with E-state index in [0.29, 0.717) is 6.61 Å². The average Bonchev–Trinajstić information content (AvgIpc) is 2.46. The van der Waals surface area contributed by atoms with Crippen LogP contribution in [0.4, 0.5) is 0 Å². The largest absolute Gasteiger partial charge is 0.477 e. The molecule has 0 aliphatic carbocycles. The minimum absolute atomic E-state index is 0.00852. The number of rotatable bonds is 4. The van der Waals surface area contributed by atoms with Crippen molar-refractivity contribution in [3.8, 4) is 5.88 Å². The number of aromatic nitrogens is 1. The maximum Gasteiger partial charge on any atom is 0.249 e. The van der Waals surface area contributed by atoms with E-state index in [1.165, 1.54) is 16.6 Å². The highest BCUT2D eigenvalue weighted by molar-refractivity contribution is 7.89. The van der Waals surface area contributed by atoms with E-state index in [1.54, 1.807) is 13.0 Å². The van der Waals surface area contributed by atoms with Crippen molar-refractivity contribution in [3.63, 3.8) is 0 Å². The van der Waals surface area contributed by atoms with Crippen molar-refractivity contribution in [3.05, 3.63) is 18.3 Å². The number of amides is 1. The number of nitrogens with zero attached hydrogens (tertiary/aromatic N) is 2. The maximum absolute atomic E-state index is 13.1. The lowest BCUT2D eigenvalue weighted by Crippen LogP contribution is -2.60. The summed E-state index contributed by atoms with van der Waals surface area (Å²) >= 11 is 0. The van der Waals surface area contributed by atoms with Crippen molar-refractivity contribution < 1.29 is 17.9 Å². The first-order valence-corrected chi connectivity index (χ1v) is 8.98. The highest BCUT2D eigenvalue weighted by atomic mass is 32.2. The normalized spacial score (nSPS) is 20.2. The number of carbonyl (C=O) groups excluding carboxylic acids is 1. The SMILES string of the molecule is CCOc1ncccc1S(=O)(=O)N1CC(=O)NCC1C(C)(C)C. The molecular formula is C15H23N3O4S. The van der Waals surface area contributed by atoms with Crippen LogP contribution in [0.3, 0.4) is 0 Å². The molecule has 2 heterocycles. The Bertz CT molecular complexity index is 682. The third-order valence-corrected chi connectivity index (χ3v) is 5.61. The van der Waals surface area contributed by atoms with Crippen LogP contribution in [0.25, 0.3) is 0 Å². The molecule has 1 amide bonds. The third-order valence-electron chi connectivity index (χ3n) is 3.74. The predicted molar refractivity (Wildman–Crippen MR) is 85.6 cm³/mol. The lowest BCUT2D eigenvalue weighted by Gasteiger charge is -2.41. The van der Waals surface area contributed by atoms with E-state index < -0.39 is 10.0 Å². The second kappa shape index (κ2) is 6.45. The predicted octanol–water partition coefficient (Wildman–Crippen LogP) is 1.02. The summed E-state index contributed by atoms with van der Waals surface area (Å²) < 4.78 is 32.8. The van der Waals surface area contributed by atoms with Crippen LogP contribution in [-0.4, -0.2) is 49.4 Å². The van der Waals surface area contributed by atoms with Crippen LogP contribution in [0.2, 0.25) is 0 Å². The summed E-state index contributed by atoms with van der Waals surface area (Å²) in [4.78, 5) is 15.8. The Hall–Kier alpha value is -1.67. The Morgan fingerprint density at radius 2 is 2.13 bits per heavy atom. The molecule has 1 atom stereocenters. The second-order valence-electron chi connectivity index (χ2n) is 6.48. The van der Waals surface area contributed by atoms with E-state index in [0.717, 1.165) is 0 Å². The standard InChI is InChI=1S/C15H23N3O4S/c1-5-22-14-11(7-6-8-16-14)23(20,21)18-10-13(19)17-9-12(18)15(2,3)4/h6-8,12H,5,9-10H2,1-4H3,(H,17,19). The molecule has 0 aromatic carbocycles. The zero-order valence-electron chi connectivity index (χ0n) is 13.9. The van der Waals surface area contributed by atoms with Gasteiger partial charge >= 0.3 is 0 Å². The lowest BCUT2D eigenvalue weighted by molar-refractivity contribution is -0.124. The number of hydrogen-bond donors (Lipinski definition) is 1. The fraction of sp³-hybridized carbons (Fsp3) is 0.600. The molecule has 0 bridgehead atoms. The van der Waals surface area contributed by atoms with Gasteiger partial charge in [-0.05, 0) is 24.5 Å². The number of hydrogen-bond acceptors (Lipinski definition) is 5. The first-order chi connectivity index (χ1) is 10.7. The van der Waals surface area contributed by atoms with Crippen molar-refractivity contribution in [2.45, 2.75) is 38.6 Å². The van der Waals surface area contributed by atoms with Gasteiger partial charge in [0.15, 0.2) is 0 Å². The molecule has 128 valence electrons. The van der Waals surface area contributed by atoms with Gasteiger partial charge in [0, 0.05) is 18.8 Å². The molecule has 1 aromatic rings. The summed E-state index contributed by atoms with van der Waals surface area (Å²) in [5.74, 6) is -0.246. The van der Waals surface area contributed by atoms with Gasteiger partial charge in [0.2, 0.25) is 21.8 Å². The monoisotopic (exact) mass is 341 g/mol. The maximum atomic E-state index is 13.1. The third kappa shape index (κ3) is 3.64. The zero-order valence-corrected chi connectivity index (χ0v) is 14.7. The molecule has 2 rings (SSSR count). The summed E-state index contributed by atoms with van der Waals surface area (Å²) in [6, 6.07) is 2.66. The molecule has 0 spiro atoms. The van der Waals surface area contributed by atoms with Crippen molar-refractivity contribution in [1.82, 2.24) is 14.6 Å². The molecule has 23 heavy (non-hydrogen) atoms. The van der Waals surface area contributed by atoms with Crippen molar-refractivity contribution >= 4 is 15.9 Å². The Morgan fingerprint density at radius 3 is 2.74 bits per heavy atom. The summed E-state index contributed by atoms with van der Waals surface area (Å²) in [6.07, 6.45) is 1.48. The summed E-state index contributed by atoms with van der Waals surface area (Å²) in [7, 11) is -3.90. The first kappa shape index (κ1) is 17.7. The number of pyridine rings is 1. The second-order valence-corrected chi connectivity index (χ2v) is 8.33. The first-order valence-electron chi connectivity index (χ1n) is 7.54. The Balaban J connectivity index is 2.49. The van der Waals surface area contributed by atoms with Crippen LogP contribution in [0.15, 0.2) is 23.2 Å². The van der Waals surface area contributed by atoms with Gasteiger partial charge in [-0.1, -0.05) is 20.8 Å². The van der Waals surface area contributed by atoms with E-state index >= 15 is 0 Å². The molecule has 0 radical (unpaired) electrons. The minimum Gasteiger partial charge on any atom is -0.477 e. The van der Waals surface area contributed by atoms with Gasteiger partial charge in [0.1, 0.15) is 4.90 Å². The van der Waals surface area contributed by atoms with Crippen LogP contribution >= 0.6 is 0 Å². The summed E-state index contributed by atoms with van der Waals surface area (Å²) in [5, 5.41) is 2.74.